The molecule has 16 heteroatoms. The van der Waals surface area contributed by atoms with Gasteiger partial charge in [0, 0.05) is 24.7 Å². The number of carbonyl (C=O) groups is 6. The number of nitrogens with two attached hydrogens (primary N) is 1. The van der Waals surface area contributed by atoms with Crippen LogP contribution in [0.2, 0.25) is 0 Å². The molecule has 3 amide bonds. The van der Waals surface area contributed by atoms with E-state index in [1.54, 1.807) is 0 Å². The molecule has 0 aromatic carbocycles. The number of hydrogen-bond acceptors (Lipinski definition) is 9. The van der Waals surface area contributed by atoms with Gasteiger partial charge in [0.1, 0.15) is 24.2 Å². The van der Waals surface area contributed by atoms with E-state index in [1.807, 2.05) is 5.32 Å². The van der Waals surface area contributed by atoms with Gasteiger partial charge in [-0.15, -0.1) is 0 Å². The second-order valence-corrected chi connectivity index (χ2v) is 7.12. The number of hydrogen-bond donors (Lipinski definition) is 9. The number of aromatic amines is 1. The lowest BCUT2D eigenvalue weighted by molar-refractivity contribution is -0.144. The first-order valence-electron chi connectivity index (χ1n) is 9.85. The van der Waals surface area contributed by atoms with Gasteiger partial charge in [-0.05, 0) is 6.42 Å². The van der Waals surface area contributed by atoms with Crippen LogP contribution in [-0.4, -0.2) is 96.8 Å². The normalized spacial score (nSPS) is 14.2. The van der Waals surface area contributed by atoms with Crippen LogP contribution >= 0.6 is 0 Å². The maximum atomic E-state index is 12.8. The Balaban J connectivity index is 3.03. The Morgan fingerprint density at radius 2 is 1.50 bits per heavy atom. The second-order valence-electron chi connectivity index (χ2n) is 7.12. The van der Waals surface area contributed by atoms with Crippen LogP contribution in [0.15, 0.2) is 12.5 Å². The summed E-state index contributed by atoms with van der Waals surface area (Å²) in [5.74, 6) is -7.47. The highest BCUT2D eigenvalue weighted by Gasteiger charge is 2.32. The predicted octanol–water partition coefficient (Wildman–Crippen LogP) is -3.85. The zero-order chi connectivity index (χ0) is 25.8. The largest absolute Gasteiger partial charge is 0.481 e. The molecule has 0 saturated carbocycles. The topological polar surface area (TPSA) is 274 Å². The number of carbonyl (C=O) groups excluding carboxylic acids is 3. The third-order valence-corrected chi connectivity index (χ3v) is 4.42. The van der Waals surface area contributed by atoms with Crippen LogP contribution in [-0.2, 0) is 35.2 Å². The average Bonchev–Trinajstić information content (AvgIpc) is 3.27. The molecule has 188 valence electrons. The maximum absolute atomic E-state index is 12.8. The number of imidazole rings is 1. The Morgan fingerprint density at radius 3 is 2.00 bits per heavy atom. The number of rotatable bonds is 15. The fraction of sp³-hybridized carbons (Fsp3) is 0.500. The van der Waals surface area contributed by atoms with Crippen LogP contribution in [0, 0.1) is 0 Å². The molecular weight excluding hydrogens is 460 g/mol. The monoisotopic (exact) mass is 486 g/mol. The van der Waals surface area contributed by atoms with Gasteiger partial charge in [0.2, 0.25) is 17.7 Å². The van der Waals surface area contributed by atoms with E-state index in [2.05, 4.69) is 20.6 Å². The molecule has 0 spiro atoms. The third kappa shape index (κ3) is 9.61. The summed E-state index contributed by atoms with van der Waals surface area (Å²) in [7, 11) is 0. The first-order valence-corrected chi connectivity index (χ1v) is 9.85. The summed E-state index contributed by atoms with van der Waals surface area (Å²) < 4.78 is 0. The van der Waals surface area contributed by atoms with Gasteiger partial charge in [-0.3, -0.25) is 24.0 Å². The van der Waals surface area contributed by atoms with E-state index in [1.165, 1.54) is 12.5 Å². The van der Waals surface area contributed by atoms with E-state index in [9.17, 15) is 33.9 Å². The van der Waals surface area contributed by atoms with Gasteiger partial charge >= 0.3 is 17.9 Å². The first-order chi connectivity index (χ1) is 15.9. The van der Waals surface area contributed by atoms with Crippen molar-refractivity contribution in [3.63, 3.8) is 0 Å². The van der Waals surface area contributed by atoms with Gasteiger partial charge in [0.05, 0.1) is 19.4 Å². The molecule has 1 heterocycles. The predicted molar refractivity (Wildman–Crippen MR) is 110 cm³/mol. The summed E-state index contributed by atoms with van der Waals surface area (Å²) in [6, 6.07) is -6.15. The van der Waals surface area contributed by atoms with Gasteiger partial charge in [-0.1, -0.05) is 0 Å². The first kappa shape index (κ1) is 28.0. The zero-order valence-corrected chi connectivity index (χ0v) is 17.8. The number of aliphatic carboxylic acids is 3. The molecule has 1 rings (SSSR count). The van der Waals surface area contributed by atoms with Crippen LogP contribution in [0.1, 0.15) is 25.0 Å². The summed E-state index contributed by atoms with van der Waals surface area (Å²) in [4.78, 5) is 77.1. The third-order valence-electron chi connectivity index (χ3n) is 4.42. The number of aliphatic hydroxyl groups is 1. The highest BCUT2D eigenvalue weighted by molar-refractivity contribution is 5.95. The van der Waals surface area contributed by atoms with Crippen molar-refractivity contribution in [2.24, 2.45) is 5.73 Å². The van der Waals surface area contributed by atoms with Crippen molar-refractivity contribution in [3.05, 3.63) is 18.2 Å². The molecule has 10 N–H and O–H groups in total. The van der Waals surface area contributed by atoms with E-state index in [4.69, 9.17) is 21.1 Å². The Kier molecular flexibility index (Phi) is 11.1. The fourth-order valence-corrected chi connectivity index (χ4v) is 2.64. The molecule has 0 aliphatic heterocycles. The van der Waals surface area contributed by atoms with E-state index < -0.39 is 85.7 Å². The van der Waals surface area contributed by atoms with Crippen molar-refractivity contribution in [3.8, 4) is 0 Å². The highest BCUT2D eigenvalue weighted by atomic mass is 16.4. The second kappa shape index (κ2) is 13.5. The lowest BCUT2D eigenvalue weighted by atomic mass is 10.1. The van der Waals surface area contributed by atoms with Crippen molar-refractivity contribution >= 4 is 35.6 Å². The number of carboxylic acid groups (broad SMARTS) is 3. The van der Waals surface area contributed by atoms with Gasteiger partial charge in [0.15, 0.2) is 0 Å². The molecule has 0 aliphatic carbocycles. The Morgan fingerprint density at radius 1 is 0.912 bits per heavy atom. The van der Waals surface area contributed by atoms with Crippen molar-refractivity contribution in [1.82, 2.24) is 25.9 Å². The Bertz CT molecular complexity index is 890. The van der Waals surface area contributed by atoms with Gasteiger partial charge in [-0.2, -0.15) is 0 Å². The van der Waals surface area contributed by atoms with Gasteiger partial charge in [0.25, 0.3) is 0 Å². The summed E-state index contributed by atoms with van der Waals surface area (Å²) in [6.07, 6.45) is 0.463. The maximum Gasteiger partial charge on any atom is 0.326 e. The molecule has 1 aromatic heterocycles. The molecule has 0 bridgehead atoms. The minimum atomic E-state index is -1.76. The van der Waals surface area contributed by atoms with Crippen LogP contribution in [0.25, 0.3) is 0 Å². The van der Waals surface area contributed by atoms with Crippen LogP contribution < -0.4 is 21.7 Å². The molecule has 4 unspecified atom stereocenters. The van der Waals surface area contributed by atoms with Crippen LogP contribution in [0.4, 0.5) is 0 Å². The molecule has 1 aromatic rings. The summed E-state index contributed by atoms with van der Waals surface area (Å²) in [5.41, 5.74) is 5.82. The Labute approximate surface area is 191 Å². The lowest BCUT2D eigenvalue weighted by Gasteiger charge is -2.24. The standard InChI is InChI=1S/C18H26N6O10/c19-9(6-25)15(30)23-11(3-8-5-20-7-21-8)16(31)24-12(4-14(28)29)17(32)22-10(18(33)34)1-2-13(26)27/h5,7,9-12,25H,1-4,6,19H2,(H,20,21)(H,22,32)(H,23,30)(H,24,31)(H,26,27)(H,28,29)(H,33,34). The van der Waals surface area contributed by atoms with Gasteiger partial charge < -0.3 is 47.1 Å². The van der Waals surface area contributed by atoms with Crippen LogP contribution in [0.3, 0.4) is 0 Å². The van der Waals surface area contributed by atoms with E-state index in [-0.39, 0.29) is 6.42 Å². The Hall–Kier alpha value is -4.05. The minimum Gasteiger partial charge on any atom is -0.481 e. The molecule has 4 atom stereocenters. The number of aliphatic hydroxyl groups excluding tert-OH is 1. The SMILES string of the molecule is NC(CO)C(=O)NC(Cc1cnc[nH]1)C(=O)NC(CC(=O)O)C(=O)NC(CCC(=O)O)C(=O)O. The minimum absolute atomic E-state index is 0.173. The van der Waals surface area contributed by atoms with Gasteiger partial charge in [-0.25, -0.2) is 9.78 Å². The molecule has 0 aliphatic rings. The van der Waals surface area contributed by atoms with Crippen molar-refractivity contribution in [2.75, 3.05) is 6.61 Å². The molecule has 34 heavy (non-hydrogen) atoms. The van der Waals surface area contributed by atoms with Crippen molar-refractivity contribution in [1.29, 1.82) is 0 Å². The zero-order valence-electron chi connectivity index (χ0n) is 17.8. The molecular formula is C18H26N6O10. The number of aromatic nitrogens is 2. The molecule has 16 nitrogen and oxygen atoms in total. The lowest BCUT2D eigenvalue weighted by Crippen LogP contribution is -2.58. The van der Waals surface area contributed by atoms with E-state index in [0.717, 1.165) is 0 Å². The van der Waals surface area contributed by atoms with Crippen molar-refractivity contribution in [2.45, 2.75) is 49.9 Å². The average molecular weight is 486 g/mol. The summed E-state index contributed by atoms with van der Waals surface area (Å²) in [6.45, 7) is -0.721. The molecule has 0 radical (unpaired) electrons. The number of nitrogens with one attached hydrogen (secondary N) is 4. The molecule has 0 fully saturated rings. The highest BCUT2D eigenvalue weighted by Crippen LogP contribution is 2.04. The number of amides is 3. The fourth-order valence-electron chi connectivity index (χ4n) is 2.64. The molecule has 0 saturated heterocycles. The quantitative estimate of drug-likeness (QED) is 0.115. The number of carboxylic acids is 3. The van der Waals surface area contributed by atoms with Crippen molar-refractivity contribution < 1.29 is 49.2 Å². The van der Waals surface area contributed by atoms with E-state index in [0.29, 0.717) is 5.69 Å². The summed E-state index contributed by atoms with van der Waals surface area (Å²) >= 11 is 0. The van der Waals surface area contributed by atoms with Crippen LogP contribution in [0.5, 0.6) is 0 Å². The summed E-state index contributed by atoms with van der Waals surface area (Å²) in [5, 5.41) is 42.5. The smallest absolute Gasteiger partial charge is 0.326 e. The number of H-pyrrole nitrogens is 1. The number of nitrogens with zero attached hydrogens (tertiary/aromatic N) is 1. The van der Waals surface area contributed by atoms with E-state index >= 15 is 0 Å².